The molecule has 0 bridgehead atoms. The Kier molecular flexibility index (Phi) is 3.04. The van der Waals surface area contributed by atoms with Crippen LogP contribution in [0.2, 0.25) is 0 Å². The molecule has 4 nitrogen and oxygen atoms in total. The number of fused-ring (bicyclic) bond motifs is 1. The number of nitrogens with zero attached hydrogens (tertiary/aromatic N) is 3. The molecule has 1 aliphatic carbocycles. The van der Waals surface area contributed by atoms with Crippen molar-refractivity contribution in [2.45, 2.75) is 44.9 Å². The largest absolute Gasteiger partial charge is 0.330 e. The van der Waals surface area contributed by atoms with E-state index in [9.17, 15) is 0 Å². The van der Waals surface area contributed by atoms with Crippen LogP contribution >= 0.6 is 0 Å². The Bertz CT molecular complexity index is 552. The first-order chi connectivity index (χ1) is 8.78. The maximum Gasteiger partial charge on any atom is 0.140 e. The number of rotatable bonds is 3. The molecule has 0 atom stereocenters. The highest BCUT2D eigenvalue weighted by atomic mass is 15.1. The molecule has 18 heavy (non-hydrogen) atoms. The second-order valence-corrected chi connectivity index (χ2v) is 5.21. The summed E-state index contributed by atoms with van der Waals surface area (Å²) in [5, 5.41) is 0. The fraction of sp³-hybridized carbons (Fsp3) is 0.571. The van der Waals surface area contributed by atoms with Crippen LogP contribution in [0, 0.1) is 6.92 Å². The van der Waals surface area contributed by atoms with E-state index in [0.717, 1.165) is 23.6 Å². The van der Waals surface area contributed by atoms with Crippen LogP contribution in [0.3, 0.4) is 0 Å². The third-order valence-corrected chi connectivity index (χ3v) is 3.87. The monoisotopic (exact) mass is 244 g/mol. The van der Waals surface area contributed by atoms with Gasteiger partial charge in [-0.1, -0.05) is 12.8 Å². The van der Waals surface area contributed by atoms with E-state index in [2.05, 4.69) is 28.6 Å². The summed E-state index contributed by atoms with van der Waals surface area (Å²) in [4.78, 5) is 9.39. The Morgan fingerprint density at radius 2 is 2.11 bits per heavy atom. The molecule has 96 valence electrons. The highest BCUT2D eigenvalue weighted by Crippen LogP contribution is 2.33. The number of hydrogen-bond donors (Lipinski definition) is 1. The van der Waals surface area contributed by atoms with Gasteiger partial charge in [0.2, 0.25) is 0 Å². The van der Waals surface area contributed by atoms with Crippen molar-refractivity contribution in [3.8, 4) is 0 Å². The lowest BCUT2D eigenvalue weighted by Crippen LogP contribution is -2.02. The van der Waals surface area contributed by atoms with E-state index in [4.69, 9.17) is 10.7 Å². The summed E-state index contributed by atoms with van der Waals surface area (Å²) in [6.07, 6.45) is 8.12. The van der Waals surface area contributed by atoms with E-state index in [1.807, 2.05) is 0 Å². The van der Waals surface area contributed by atoms with Crippen LogP contribution in [0.5, 0.6) is 0 Å². The predicted molar refractivity (Wildman–Crippen MR) is 71.7 cm³/mol. The molecule has 1 fully saturated rings. The number of imidazole rings is 1. The van der Waals surface area contributed by atoms with Gasteiger partial charge in [0.15, 0.2) is 0 Å². The first-order valence-electron chi connectivity index (χ1n) is 6.83. The minimum Gasteiger partial charge on any atom is -0.330 e. The summed E-state index contributed by atoms with van der Waals surface area (Å²) in [6.45, 7) is 2.70. The summed E-state index contributed by atoms with van der Waals surface area (Å²) < 4.78 is 2.07. The van der Waals surface area contributed by atoms with E-state index >= 15 is 0 Å². The van der Waals surface area contributed by atoms with Gasteiger partial charge >= 0.3 is 0 Å². The topological polar surface area (TPSA) is 56.2 Å². The molecule has 0 saturated heterocycles. The van der Waals surface area contributed by atoms with Crippen LogP contribution in [0.1, 0.15) is 48.8 Å². The van der Waals surface area contributed by atoms with Crippen molar-refractivity contribution < 1.29 is 0 Å². The van der Waals surface area contributed by atoms with Gasteiger partial charge < -0.3 is 5.73 Å². The minimum atomic E-state index is 0.642. The summed E-state index contributed by atoms with van der Waals surface area (Å²) >= 11 is 0. The van der Waals surface area contributed by atoms with E-state index in [1.54, 1.807) is 0 Å². The van der Waals surface area contributed by atoms with Gasteiger partial charge in [-0.25, -0.2) is 9.97 Å². The lowest BCUT2D eigenvalue weighted by molar-refractivity contribution is 0.688. The van der Waals surface area contributed by atoms with Gasteiger partial charge in [0.1, 0.15) is 11.5 Å². The van der Waals surface area contributed by atoms with Crippen molar-refractivity contribution in [3.63, 3.8) is 0 Å². The third kappa shape index (κ3) is 2.01. The van der Waals surface area contributed by atoms with Gasteiger partial charge in [-0.2, -0.15) is 0 Å². The van der Waals surface area contributed by atoms with Crippen LogP contribution in [0.15, 0.2) is 12.3 Å². The van der Waals surface area contributed by atoms with Crippen molar-refractivity contribution in [3.05, 3.63) is 29.5 Å². The normalized spacial score (nSPS) is 16.8. The average molecular weight is 244 g/mol. The molecule has 2 heterocycles. The Labute approximate surface area is 107 Å². The first-order valence-corrected chi connectivity index (χ1v) is 6.83. The molecule has 2 aromatic heterocycles. The molecule has 4 heteroatoms. The van der Waals surface area contributed by atoms with Crippen LogP contribution in [-0.4, -0.2) is 20.9 Å². The molecule has 0 amide bonds. The van der Waals surface area contributed by atoms with Gasteiger partial charge in [-0.3, -0.25) is 4.40 Å². The molecule has 2 aromatic rings. The molecule has 2 N–H and O–H groups in total. The highest BCUT2D eigenvalue weighted by molar-refractivity contribution is 5.43. The molecule has 3 rings (SSSR count). The zero-order chi connectivity index (χ0) is 12.5. The molecule has 0 aromatic carbocycles. The predicted octanol–water partition coefficient (Wildman–Crippen LogP) is 2.20. The number of aromatic nitrogens is 3. The molecule has 0 radical (unpaired) electrons. The summed E-state index contributed by atoms with van der Waals surface area (Å²) in [6, 6.07) is 2.16. The number of nitrogens with two attached hydrogens (primary N) is 1. The van der Waals surface area contributed by atoms with Crippen LogP contribution in [-0.2, 0) is 6.42 Å². The van der Waals surface area contributed by atoms with E-state index in [0.29, 0.717) is 12.5 Å². The lowest BCUT2D eigenvalue weighted by Gasteiger charge is -2.10. The number of aryl methyl sites for hydroxylation is 1. The molecule has 0 unspecified atom stereocenters. The van der Waals surface area contributed by atoms with Gasteiger partial charge in [0.05, 0.1) is 5.69 Å². The van der Waals surface area contributed by atoms with E-state index < -0.39 is 0 Å². The van der Waals surface area contributed by atoms with Crippen LogP contribution in [0.4, 0.5) is 0 Å². The van der Waals surface area contributed by atoms with Gasteiger partial charge in [0, 0.05) is 30.3 Å². The SMILES string of the molecule is Cc1nc(C2CCCC2)cc2nc(CCN)cn12. The van der Waals surface area contributed by atoms with Gasteiger partial charge in [-0.15, -0.1) is 0 Å². The Morgan fingerprint density at radius 1 is 1.33 bits per heavy atom. The molecule has 1 saturated carbocycles. The van der Waals surface area contributed by atoms with Gasteiger partial charge in [-0.05, 0) is 26.3 Å². The lowest BCUT2D eigenvalue weighted by atomic mass is 10.0. The van der Waals surface area contributed by atoms with Crippen molar-refractivity contribution in [2.24, 2.45) is 5.73 Å². The Morgan fingerprint density at radius 3 is 2.83 bits per heavy atom. The van der Waals surface area contributed by atoms with Crippen LogP contribution in [0.25, 0.3) is 5.65 Å². The van der Waals surface area contributed by atoms with Crippen molar-refractivity contribution in [2.75, 3.05) is 6.54 Å². The molecule has 0 spiro atoms. The van der Waals surface area contributed by atoms with Crippen molar-refractivity contribution >= 4 is 5.65 Å². The second-order valence-electron chi connectivity index (χ2n) is 5.21. The van der Waals surface area contributed by atoms with E-state index in [1.165, 1.54) is 31.4 Å². The molecular weight excluding hydrogens is 224 g/mol. The fourth-order valence-corrected chi connectivity index (χ4v) is 2.91. The average Bonchev–Trinajstić information content (AvgIpc) is 2.97. The summed E-state index contributed by atoms with van der Waals surface area (Å²) in [7, 11) is 0. The third-order valence-electron chi connectivity index (χ3n) is 3.87. The highest BCUT2D eigenvalue weighted by Gasteiger charge is 2.19. The minimum absolute atomic E-state index is 0.642. The quantitative estimate of drug-likeness (QED) is 0.900. The van der Waals surface area contributed by atoms with Crippen molar-refractivity contribution in [1.82, 2.24) is 14.4 Å². The Hall–Kier alpha value is -1.42. The standard InChI is InChI=1S/C14H20N4/c1-10-16-13(11-4-2-3-5-11)8-14-17-12(6-7-15)9-18(10)14/h8-9,11H,2-7,15H2,1H3. The molecule has 0 aliphatic heterocycles. The summed E-state index contributed by atoms with van der Waals surface area (Å²) in [5.41, 5.74) is 8.89. The first kappa shape index (κ1) is 11.7. The molecular formula is C14H20N4. The second kappa shape index (κ2) is 4.69. The Balaban J connectivity index is 2.02. The maximum absolute atomic E-state index is 5.58. The van der Waals surface area contributed by atoms with Crippen LogP contribution < -0.4 is 5.73 Å². The van der Waals surface area contributed by atoms with Gasteiger partial charge in [0.25, 0.3) is 0 Å². The number of hydrogen-bond acceptors (Lipinski definition) is 3. The smallest absolute Gasteiger partial charge is 0.140 e. The van der Waals surface area contributed by atoms with E-state index in [-0.39, 0.29) is 0 Å². The fourth-order valence-electron chi connectivity index (χ4n) is 2.91. The molecule has 1 aliphatic rings. The zero-order valence-corrected chi connectivity index (χ0v) is 10.9. The van der Waals surface area contributed by atoms with Crippen molar-refractivity contribution in [1.29, 1.82) is 0 Å². The summed E-state index contributed by atoms with van der Waals surface area (Å²) in [5.74, 6) is 1.67. The maximum atomic E-state index is 5.58. The zero-order valence-electron chi connectivity index (χ0n) is 10.9.